The SMILES string of the molecule is CCOC(=O)CC1CCC(c2ccc(-c3ccc4nc(C(=O)NCc5ccc(Oc6ccc(F)cc6)cc5)cn4c3)cc2)CC1. The number of hydrogen-bond donors (Lipinski definition) is 1. The van der Waals surface area contributed by atoms with Crippen LogP contribution in [0, 0.1) is 11.7 Å². The molecule has 0 radical (unpaired) electrons. The maximum absolute atomic E-state index is 13.1. The van der Waals surface area contributed by atoms with Crippen molar-refractivity contribution in [1.82, 2.24) is 14.7 Å². The van der Waals surface area contributed by atoms with Gasteiger partial charge in [-0.15, -0.1) is 0 Å². The molecule has 45 heavy (non-hydrogen) atoms. The maximum Gasteiger partial charge on any atom is 0.306 e. The number of amides is 1. The lowest BCUT2D eigenvalue weighted by atomic mass is 9.77. The molecule has 0 spiro atoms. The highest BCUT2D eigenvalue weighted by Gasteiger charge is 2.24. The van der Waals surface area contributed by atoms with E-state index in [-0.39, 0.29) is 17.7 Å². The number of carbonyl (C=O) groups excluding carboxylic acids is 2. The van der Waals surface area contributed by atoms with Crippen LogP contribution in [0.2, 0.25) is 0 Å². The molecule has 5 aromatic rings. The largest absolute Gasteiger partial charge is 0.466 e. The maximum atomic E-state index is 13.1. The van der Waals surface area contributed by atoms with Crippen LogP contribution in [0.5, 0.6) is 11.5 Å². The molecule has 3 aromatic carbocycles. The van der Waals surface area contributed by atoms with E-state index in [9.17, 15) is 14.0 Å². The Kier molecular flexibility index (Phi) is 9.19. The number of hydrogen-bond acceptors (Lipinski definition) is 5. The van der Waals surface area contributed by atoms with Crippen LogP contribution < -0.4 is 10.1 Å². The van der Waals surface area contributed by atoms with Crippen molar-refractivity contribution in [3.63, 3.8) is 0 Å². The molecule has 2 heterocycles. The zero-order valence-corrected chi connectivity index (χ0v) is 25.2. The normalized spacial score (nSPS) is 16.3. The number of benzene rings is 3. The third kappa shape index (κ3) is 7.58. The second-order valence-corrected chi connectivity index (χ2v) is 11.5. The highest BCUT2D eigenvalue weighted by Crippen LogP contribution is 2.38. The number of fused-ring (bicyclic) bond motifs is 1. The number of ether oxygens (including phenoxy) is 2. The van der Waals surface area contributed by atoms with Gasteiger partial charge in [-0.3, -0.25) is 9.59 Å². The number of rotatable bonds is 10. The van der Waals surface area contributed by atoms with Crippen molar-refractivity contribution >= 4 is 17.5 Å². The number of imidazole rings is 1. The van der Waals surface area contributed by atoms with E-state index in [2.05, 4.69) is 34.6 Å². The van der Waals surface area contributed by atoms with E-state index >= 15 is 0 Å². The first-order valence-corrected chi connectivity index (χ1v) is 15.5. The lowest BCUT2D eigenvalue weighted by Gasteiger charge is -2.28. The van der Waals surface area contributed by atoms with Crippen molar-refractivity contribution < 1.29 is 23.5 Å². The van der Waals surface area contributed by atoms with Crippen LogP contribution in [0.4, 0.5) is 4.39 Å². The molecule has 6 rings (SSSR count). The number of pyridine rings is 1. The summed E-state index contributed by atoms with van der Waals surface area (Å²) in [5.74, 6) is 1.46. The lowest BCUT2D eigenvalue weighted by molar-refractivity contribution is -0.144. The van der Waals surface area contributed by atoms with Gasteiger partial charge < -0.3 is 19.2 Å². The molecule has 1 N–H and O–H groups in total. The monoisotopic (exact) mass is 605 g/mol. The summed E-state index contributed by atoms with van der Waals surface area (Å²) in [7, 11) is 0. The van der Waals surface area contributed by atoms with Crippen LogP contribution in [0.1, 0.15) is 66.6 Å². The van der Waals surface area contributed by atoms with Crippen molar-refractivity contribution in [3.8, 4) is 22.6 Å². The van der Waals surface area contributed by atoms with Gasteiger partial charge in [0.1, 0.15) is 28.7 Å². The molecule has 1 amide bonds. The second kappa shape index (κ2) is 13.8. The fraction of sp³-hybridized carbons (Fsp3) is 0.270. The molecule has 230 valence electrons. The Morgan fingerprint density at radius 1 is 0.844 bits per heavy atom. The minimum Gasteiger partial charge on any atom is -0.466 e. The Hall–Kier alpha value is -4.98. The van der Waals surface area contributed by atoms with Gasteiger partial charge in [0.05, 0.1) is 6.61 Å². The fourth-order valence-electron chi connectivity index (χ4n) is 5.96. The number of nitrogens with zero attached hydrogens (tertiary/aromatic N) is 2. The Morgan fingerprint density at radius 2 is 1.51 bits per heavy atom. The van der Waals surface area contributed by atoms with Crippen molar-refractivity contribution in [2.75, 3.05) is 6.61 Å². The Morgan fingerprint density at radius 3 is 2.20 bits per heavy atom. The first-order chi connectivity index (χ1) is 21.9. The van der Waals surface area contributed by atoms with Crippen molar-refractivity contribution in [1.29, 1.82) is 0 Å². The summed E-state index contributed by atoms with van der Waals surface area (Å²) in [5, 5.41) is 2.93. The molecule has 1 aliphatic carbocycles. The molecule has 1 saturated carbocycles. The van der Waals surface area contributed by atoms with Gasteiger partial charge >= 0.3 is 5.97 Å². The minimum atomic E-state index is -0.315. The van der Waals surface area contributed by atoms with E-state index in [1.807, 2.05) is 53.9 Å². The van der Waals surface area contributed by atoms with Gasteiger partial charge in [0.25, 0.3) is 5.91 Å². The van der Waals surface area contributed by atoms with Gasteiger partial charge in [0.2, 0.25) is 0 Å². The molecule has 7 nitrogen and oxygen atoms in total. The summed E-state index contributed by atoms with van der Waals surface area (Å²) in [6.07, 6.45) is 8.56. The first-order valence-electron chi connectivity index (χ1n) is 15.5. The number of esters is 1. The lowest BCUT2D eigenvalue weighted by Crippen LogP contribution is -2.23. The number of nitrogens with one attached hydrogen (secondary N) is 1. The molecule has 1 aliphatic rings. The van der Waals surface area contributed by atoms with E-state index in [1.54, 1.807) is 18.3 Å². The third-order valence-electron chi connectivity index (χ3n) is 8.43. The van der Waals surface area contributed by atoms with Gasteiger partial charge in [0, 0.05) is 25.4 Å². The van der Waals surface area contributed by atoms with Crippen molar-refractivity contribution in [2.24, 2.45) is 5.92 Å². The Labute approximate surface area is 262 Å². The number of aromatic nitrogens is 2. The van der Waals surface area contributed by atoms with Gasteiger partial charge in [-0.05, 0) is 115 Å². The average Bonchev–Trinajstić information content (AvgIpc) is 3.50. The summed E-state index contributed by atoms with van der Waals surface area (Å²) in [6.45, 7) is 2.64. The third-order valence-corrected chi connectivity index (χ3v) is 8.43. The summed E-state index contributed by atoms with van der Waals surface area (Å²) in [4.78, 5) is 29.3. The van der Waals surface area contributed by atoms with Gasteiger partial charge in [-0.1, -0.05) is 36.4 Å². The molecular weight excluding hydrogens is 569 g/mol. The molecular formula is C37H36FN3O4. The van der Waals surface area contributed by atoms with Crippen LogP contribution in [0.25, 0.3) is 16.8 Å². The predicted molar refractivity (Wildman–Crippen MR) is 171 cm³/mol. The zero-order valence-electron chi connectivity index (χ0n) is 25.2. The summed E-state index contributed by atoms with van der Waals surface area (Å²) in [6, 6.07) is 25.9. The number of halogens is 1. The van der Waals surface area contributed by atoms with Crippen molar-refractivity contribution in [3.05, 3.63) is 120 Å². The Bertz CT molecular complexity index is 1760. The highest BCUT2D eigenvalue weighted by molar-refractivity contribution is 5.92. The molecule has 0 bridgehead atoms. The van der Waals surface area contributed by atoms with Crippen LogP contribution in [0.15, 0.2) is 97.3 Å². The second-order valence-electron chi connectivity index (χ2n) is 11.5. The summed E-state index contributed by atoms with van der Waals surface area (Å²) in [5.41, 5.74) is 5.43. The van der Waals surface area contributed by atoms with Crippen molar-refractivity contribution in [2.45, 2.75) is 51.5 Å². The van der Waals surface area contributed by atoms with Crippen LogP contribution >= 0.6 is 0 Å². The molecule has 0 atom stereocenters. The fourth-order valence-corrected chi connectivity index (χ4v) is 5.96. The van der Waals surface area contributed by atoms with E-state index in [1.165, 1.54) is 17.7 Å². The standard InChI is InChI=1S/C37H36FN3O4/c1-2-44-36(42)21-25-3-7-27(8-4-25)28-9-11-29(12-10-28)30-13-20-35-40-34(24-41(35)23-30)37(43)39-22-26-5-16-32(17-6-26)45-33-18-14-31(38)15-19-33/h5-6,9-20,23-25,27H,2-4,7-8,21-22H2,1H3,(H,39,43). The van der Waals surface area contributed by atoms with Gasteiger partial charge in [-0.25, -0.2) is 9.37 Å². The Balaban J connectivity index is 1.03. The highest BCUT2D eigenvalue weighted by atomic mass is 19.1. The number of carbonyl (C=O) groups is 2. The summed E-state index contributed by atoms with van der Waals surface area (Å²) >= 11 is 0. The van der Waals surface area contributed by atoms with Crippen LogP contribution in [0.3, 0.4) is 0 Å². The molecule has 2 aromatic heterocycles. The quantitative estimate of drug-likeness (QED) is 0.163. The zero-order chi connectivity index (χ0) is 31.2. The van der Waals surface area contributed by atoms with Gasteiger partial charge in [0.15, 0.2) is 0 Å². The van der Waals surface area contributed by atoms with Crippen LogP contribution in [-0.4, -0.2) is 27.9 Å². The van der Waals surface area contributed by atoms with E-state index in [0.717, 1.165) is 42.4 Å². The van der Waals surface area contributed by atoms with E-state index in [0.29, 0.717) is 54.2 Å². The van der Waals surface area contributed by atoms with Crippen LogP contribution in [-0.2, 0) is 16.1 Å². The first kappa shape index (κ1) is 30.1. The molecule has 0 unspecified atom stereocenters. The van der Waals surface area contributed by atoms with Gasteiger partial charge in [-0.2, -0.15) is 0 Å². The molecule has 1 fully saturated rings. The van der Waals surface area contributed by atoms with E-state index in [4.69, 9.17) is 9.47 Å². The predicted octanol–water partition coefficient (Wildman–Crippen LogP) is 8.09. The molecule has 8 heteroatoms. The topological polar surface area (TPSA) is 81.9 Å². The smallest absolute Gasteiger partial charge is 0.306 e. The molecule has 0 aliphatic heterocycles. The minimum absolute atomic E-state index is 0.0776. The average molecular weight is 606 g/mol. The van der Waals surface area contributed by atoms with E-state index < -0.39 is 0 Å². The summed E-state index contributed by atoms with van der Waals surface area (Å²) < 4.78 is 25.8. The molecule has 0 saturated heterocycles.